The van der Waals surface area contributed by atoms with E-state index in [-0.39, 0.29) is 4.90 Å². The number of halogens is 1. The lowest BCUT2D eigenvalue weighted by molar-refractivity contribution is -0.387. The van der Waals surface area contributed by atoms with Crippen molar-refractivity contribution in [2.45, 2.75) is 16.8 Å². The zero-order valence-corrected chi connectivity index (χ0v) is 11.8. The number of aromatic nitrogens is 2. The number of aromatic carboxylic acids is 1. The number of carboxylic acids is 1. The summed E-state index contributed by atoms with van der Waals surface area (Å²) in [5, 5.41) is 24.6. The van der Waals surface area contributed by atoms with Crippen molar-refractivity contribution in [2.75, 3.05) is 0 Å². The molecule has 21 heavy (non-hydrogen) atoms. The molecule has 0 aliphatic heterocycles. The number of carbonyl (C=O) groups is 1. The van der Waals surface area contributed by atoms with Gasteiger partial charge >= 0.3 is 5.97 Å². The molecule has 1 aromatic heterocycles. The topological polar surface area (TPSA) is 98.3 Å². The number of hydrogen-bond acceptors (Lipinski definition) is 5. The Morgan fingerprint density at radius 1 is 1.48 bits per heavy atom. The summed E-state index contributed by atoms with van der Waals surface area (Å²) >= 11 is 0.959. The minimum absolute atomic E-state index is 0.0433. The van der Waals surface area contributed by atoms with Gasteiger partial charge in [-0.05, 0) is 19.1 Å². The fraction of sp³-hybridized carbons (Fsp3) is 0.167. The van der Waals surface area contributed by atoms with Crippen molar-refractivity contribution in [3.8, 4) is 0 Å². The molecule has 0 bridgehead atoms. The highest BCUT2D eigenvalue weighted by atomic mass is 32.2. The number of hydrogen-bond donors (Lipinski definition) is 1. The summed E-state index contributed by atoms with van der Waals surface area (Å²) in [5.41, 5.74) is -0.383. The Balaban J connectivity index is 2.54. The molecule has 0 atom stereocenters. The van der Waals surface area contributed by atoms with Crippen molar-refractivity contribution in [1.82, 2.24) is 9.78 Å². The second-order valence-corrected chi connectivity index (χ2v) is 5.27. The smallest absolute Gasteiger partial charge is 0.338 e. The molecule has 2 aromatic rings. The van der Waals surface area contributed by atoms with Crippen molar-refractivity contribution in [3.05, 3.63) is 45.4 Å². The number of benzene rings is 1. The van der Waals surface area contributed by atoms with Gasteiger partial charge in [0.15, 0.2) is 0 Å². The van der Waals surface area contributed by atoms with E-state index < -0.39 is 28.0 Å². The zero-order chi connectivity index (χ0) is 15.7. The van der Waals surface area contributed by atoms with Crippen molar-refractivity contribution in [2.24, 2.45) is 7.05 Å². The summed E-state index contributed by atoms with van der Waals surface area (Å²) in [6, 6.07) is 3.27. The summed E-state index contributed by atoms with van der Waals surface area (Å²) in [6.07, 6.45) is 0. The first-order valence-corrected chi connectivity index (χ1v) is 6.51. The maximum absolute atomic E-state index is 13.6. The molecule has 0 amide bonds. The highest BCUT2D eigenvalue weighted by Gasteiger charge is 2.23. The first-order valence-electron chi connectivity index (χ1n) is 5.69. The number of aryl methyl sites for hydroxylation is 2. The van der Waals surface area contributed by atoms with E-state index in [0.717, 1.165) is 17.8 Å². The standard InChI is InChI=1S/C12H10FN3O4S/c1-6-3-11(15(2)14-6)21-10-4-7(12(17)18)8(13)5-9(10)16(19)20/h3-5H,1-2H3,(H,17,18). The van der Waals surface area contributed by atoms with Gasteiger partial charge in [-0.25, -0.2) is 9.18 Å². The minimum atomic E-state index is -1.48. The molecule has 0 radical (unpaired) electrons. The average Bonchev–Trinajstić information content (AvgIpc) is 2.68. The quantitative estimate of drug-likeness (QED) is 0.688. The van der Waals surface area contributed by atoms with E-state index in [4.69, 9.17) is 5.11 Å². The summed E-state index contributed by atoms with van der Waals surface area (Å²) < 4.78 is 15.1. The molecule has 7 nitrogen and oxygen atoms in total. The number of nitrogens with zero attached hydrogens (tertiary/aromatic N) is 3. The number of carboxylic acid groups (broad SMARTS) is 1. The third-order valence-corrected chi connectivity index (χ3v) is 3.79. The molecule has 110 valence electrons. The van der Waals surface area contributed by atoms with Crippen LogP contribution in [0.5, 0.6) is 0 Å². The van der Waals surface area contributed by atoms with E-state index in [1.165, 1.54) is 4.68 Å². The maximum Gasteiger partial charge on any atom is 0.338 e. The second kappa shape index (κ2) is 5.52. The van der Waals surface area contributed by atoms with Crippen LogP contribution in [0, 0.1) is 22.9 Å². The number of nitro benzene ring substituents is 1. The van der Waals surface area contributed by atoms with Gasteiger partial charge in [0.2, 0.25) is 0 Å². The van der Waals surface area contributed by atoms with Crippen LogP contribution in [0.3, 0.4) is 0 Å². The van der Waals surface area contributed by atoms with Crippen molar-refractivity contribution < 1.29 is 19.2 Å². The first kappa shape index (κ1) is 15.0. The van der Waals surface area contributed by atoms with Gasteiger partial charge in [0.1, 0.15) is 5.82 Å². The molecule has 0 aliphatic carbocycles. The van der Waals surface area contributed by atoms with Crippen LogP contribution in [-0.4, -0.2) is 25.8 Å². The van der Waals surface area contributed by atoms with E-state index in [1.807, 2.05) is 0 Å². The Kier molecular flexibility index (Phi) is 3.94. The Morgan fingerprint density at radius 2 is 2.14 bits per heavy atom. The van der Waals surface area contributed by atoms with Gasteiger partial charge in [0, 0.05) is 7.05 Å². The fourth-order valence-electron chi connectivity index (χ4n) is 1.73. The van der Waals surface area contributed by atoms with Gasteiger partial charge < -0.3 is 5.11 Å². The highest BCUT2D eigenvalue weighted by molar-refractivity contribution is 7.99. The molecule has 0 fully saturated rings. The first-order chi connectivity index (χ1) is 9.79. The van der Waals surface area contributed by atoms with Gasteiger partial charge in [-0.15, -0.1) is 0 Å². The lowest BCUT2D eigenvalue weighted by Gasteiger charge is -2.05. The SMILES string of the molecule is Cc1cc(Sc2cc(C(=O)O)c(F)cc2[N+](=O)[O-])n(C)n1. The zero-order valence-electron chi connectivity index (χ0n) is 11.0. The molecule has 1 heterocycles. The summed E-state index contributed by atoms with van der Waals surface area (Å²) in [6.45, 7) is 1.76. The summed E-state index contributed by atoms with van der Waals surface area (Å²) in [7, 11) is 1.66. The number of nitro groups is 1. The van der Waals surface area contributed by atoms with E-state index in [9.17, 15) is 19.3 Å². The molecule has 0 spiro atoms. The van der Waals surface area contributed by atoms with Crippen LogP contribution in [-0.2, 0) is 7.05 Å². The third kappa shape index (κ3) is 3.02. The molecular weight excluding hydrogens is 301 g/mol. The normalized spacial score (nSPS) is 10.6. The maximum atomic E-state index is 13.6. The second-order valence-electron chi connectivity index (χ2n) is 4.21. The van der Waals surface area contributed by atoms with E-state index in [0.29, 0.717) is 16.8 Å². The molecular formula is C12H10FN3O4S. The predicted octanol–water partition coefficient (Wildman–Crippen LogP) is 2.63. The molecule has 0 saturated heterocycles. The van der Waals surface area contributed by atoms with Crippen LogP contribution in [0.2, 0.25) is 0 Å². The van der Waals surface area contributed by atoms with Gasteiger partial charge in [-0.3, -0.25) is 14.8 Å². The molecule has 2 rings (SSSR count). The minimum Gasteiger partial charge on any atom is -0.478 e. The van der Waals surface area contributed by atoms with Crippen LogP contribution in [0.15, 0.2) is 28.1 Å². The largest absolute Gasteiger partial charge is 0.478 e. The molecule has 1 aromatic carbocycles. The van der Waals surface area contributed by atoms with Gasteiger partial charge in [-0.2, -0.15) is 5.10 Å². The molecule has 0 unspecified atom stereocenters. The third-order valence-electron chi connectivity index (χ3n) is 2.65. The van der Waals surface area contributed by atoms with E-state index in [1.54, 1.807) is 20.0 Å². The monoisotopic (exact) mass is 311 g/mol. The van der Waals surface area contributed by atoms with Crippen LogP contribution < -0.4 is 0 Å². The lowest BCUT2D eigenvalue weighted by Crippen LogP contribution is -2.03. The van der Waals surface area contributed by atoms with Gasteiger partial charge in [-0.1, -0.05) is 11.8 Å². The summed E-state index contributed by atoms with van der Waals surface area (Å²) in [5.74, 6) is -2.62. The van der Waals surface area contributed by atoms with Crippen LogP contribution in [0.25, 0.3) is 0 Å². The van der Waals surface area contributed by atoms with Crippen molar-refractivity contribution in [1.29, 1.82) is 0 Å². The molecule has 1 N–H and O–H groups in total. The Bertz CT molecular complexity index is 744. The predicted molar refractivity (Wildman–Crippen MR) is 72.1 cm³/mol. The van der Waals surface area contributed by atoms with Gasteiger partial charge in [0.25, 0.3) is 5.69 Å². The molecule has 0 saturated carbocycles. The molecule has 0 aliphatic rings. The van der Waals surface area contributed by atoms with Crippen molar-refractivity contribution in [3.63, 3.8) is 0 Å². The lowest BCUT2D eigenvalue weighted by atomic mass is 10.2. The Labute approximate surface area is 122 Å². The van der Waals surface area contributed by atoms with Crippen LogP contribution >= 0.6 is 11.8 Å². The van der Waals surface area contributed by atoms with Crippen molar-refractivity contribution >= 4 is 23.4 Å². The Hall–Kier alpha value is -2.42. The highest BCUT2D eigenvalue weighted by Crippen LogP contribution is 2.36. The fourth-order valence-corrected chi connectivity index (χ4v) is 2.77. The number of rotatable bonds is 4. The van der Waals surface area contributed by atoms with Crippen LogP contribution in [0.4, 0.5) is 10.1 Å². The summed E-state index contributed by atoms with van der Waals surface area (Å²) in [4.78, 5) is 21.2. The molecule has 9 heteroatoms. The Morgan fingerprint density at radius 3 is 2.62 bits per heavy atom. The average molecular weight is 311 g/mol. The van der Waals surface area contributed by atoms with E-state index >= 15 is 0 Å². The van der Waals surface area contributed by atoms with Gasteiger partial charge in [0.05, 0.1) is 32.2 Å². The van der Waals surface area contributed by atoms with E-state index in [2.05, 4.69) is 5.10 Å². The van der Waals surface area contributed by atoms with Crippen LogP contribution in [0.1, 0.15) is 16.1 Å².